The number of likely N-dealkylation sites (N-methyl/N-ethyl adjacent to an activating group) is 1. The molecule has 0 unspecified atom stereocenters. The standard InChI is InChI=1S/C26H35N3O4/c1-6-24-26(10-12-27(13-11-26)18-21-9-8-14-33-21)29(7-2)25(30)28(24)17-20-15-22(31-4)16-23(32-5)19(20)3/h6,8-9,14-16H,7,10-13,17-18H2,1-5H3/b24-6-. The van der Waals surface area contributed by atoms with E-state index in [0.717, 1.165) is 66.6 Å². The summed E-state index contributed by atoms with van der Waals surface area (Å²) in [6.45, 7) is 9.97. The number of rotatable bonds is 7. The maximum atomic E-state index is 13.7. The summed E-state index contributed by atoms with van der Waals surface area (Å²) in [5.74, 6) is 2.48. The first-order valence-electron chi connectivity index (χ1n) is 11.7. The molecule has 7 nitrogen and oxygen atoms in total. The van der Waals surface area contributed by atoms with Gasteiger partial charge in [0.05, 0.1) is 39.1 Å². The van der Waals surface area contributed by atoms with Gasteiger partial charge in [-0.3, -0.25) is 9.80 Å². The highest BCUT2D eigenvalue weighted by atomic mass is 16.5. The number of methoxy groups -OCH3 is 2. The van der Waals surface area contributed by atoms with Crippen LogP contribution in [0.3, 0.4) is 0 Å². The van der Waals surface area contributed by atoms with Crippen LogP contribution in [-0.2, 0) is 13.1 Å². The van der Waals surface area contributed by atoms with E-state index in [1.807, 2.05) is 43.0 Å². The Kier molecular flexibility index (Phi) is 6.70. The molecule has 178 valence electrons. The lowest BCUT2D eigenvalue weighted by Gasteiger charge is -2.44. The van der Waals surface area contributed by atoms with Crippen molar-refractivity contribution in [1.82, 2.24) is 14.7 Å². The number of ether oxygens (including phenoxy) is 2. The van der Waals surface area contributed by atoms with Crippen LogP contribution in [0.1, 0.15) is 43.6 Å². The van der Waals surface area contributed by atoms with Crippen LogP contribution in [0.5, 0.6) is 11.5 Å². The van der Waals surface area contributed by atoms with Crippen LogP contribution in [0.2, 0.25) is 0 Å². The highest BCUT2D eigenvalue weighted by molar-refractivity contribution is 5.82. The highest BCUT2D eigenvalue weighted by Gasteiger charge is 2.53. The monoisotopic (exact) mass is 453 g/mol. The molecule has 0 N–H and O–H groups in total. The number of hydrogen-bond acceptors (Lipinski definition) is 5. The van der Waals surface area contributed by atoms with Crippen LogP contribution in [-0.4, -0.2) is 60.1 Å². The van der Waals surface area contributed by atoms with E-state index in [1.165, 1.54) is 0 Å². The quantitative estimate of drug-likeness (QED) is 0.603. The van der Waals surface area contributed by atoms with Crippen molar-refractivity contribution >= 4 is 6.03 Å². The third kappa shape index (κ3) is 4.10. The Hall–Kier alpha value is -2.93. The molecule has 2 fully saturated rings. The minimum absolute atomic E-state index is 0.0753. The maximum absolute atomic E-state index is 13.7. The molecule has 1 aromatic carbocycles. The van der Waals surface area contributed by atoms with Crippen LogP contribution in [0.4, 0.5) is 4.79 Å². The van der Waals surface area contributed by atoms with Gasteiger partial charge in [-0.1, -0.05) is 6.08 Å². The molecule has 4 rings (SSSR count). The van der Waals surface area contributed by atoms with E-state index in [9.17, 15) is 4.79 Å². The van der Waals surface area contributed by atoms with Crippen molar-refractivity contribution in [3.63, 3.8) is 0 Å². The third-order valence-electron chi connectivity index (χ3n) is 7.20. The van der Waals surface area contributed by atoms with Crippen LogP contribution in [0.25, 0.3) is 0 Å². The molecule has 2 aromatic rings. The van der Waals surface area contributed by atoms with Gasteiger partial charge in [0.25, 0.3) is 0 Å². The van der Waals surface area contributed by atoms with Gasteiger partial charge in [0.15, 0.2) is 0 Å². The van der Waals surface area contributed by atoms with E-state index in [1.54, 1.807) is 20.5 Å². The normalized spacial score (nSPS) is 19.7. The number of carbonyl (C=O) groups is 1. The highest BCUT2D eigenvalue weighted by Crippen LogP contribution is 2.45. The predicted molar refractivity (Wildman–Crippen MR) is 127 cm³/mol. The van der Waals surface area contributed by atoms with Gasteiger partial charge in [-0.25, -0.2) is 4.79 Å². The molecule has 2 aliphatic heterocycles. The molecule has 2 amide bonds. The largest absolute Gasteiger partial charge is 0.497 e. The molecule has 0 saturated carbocycles. The van der Waals surface area contributed by atoms with Gasteiger partial charge in [0, 0.05) is 31.4 Å². The minimum atomic E-state index is -0.267. The Bertz CT molecular complexity index is 1010. The molecule has 0 aliphatic carbocycles. The minimum Gasteiger partial charge on any atom is -0.497 e. The summed E-state index contributed by atoms with van der Waals surface area (Å²) in [7, 11) is 3.31. The SMILES string of the molecule is C/C=C1\N(Cc2cc(OC)cc(OC)c2C)C(=O)N(CC)C12CCN(Cc1ccco1)CC2. The van der Waals surface area contributed by atoms with Crippen LogP contribution in [0, 0.1) is 6.92 Å². The van der Waals surface area contributed by atoms with Gasteiger partial charge in [-0.05, 0) is 62.9 Å². The van der Waals surface area contributed by atoms with E-state index >= 15 is 0 Å². The molecule has 2 saturated heterocycles. The summed E-state index contributed by atoms with van der Waals surface area (Å²) in [6.07, 6.45) is 5.66. The lowest BCUT2D eigenvalue weighted by Crippen LogP contribution is -2.53. The van der Waals surface area contributed by atoms with Crippen molar-refractivity contribution in [1.29, 1.82) is 0 Å². The van der Waals surface area contributed by atoms with Crippen molar-refractivity contribution in [2.24, 2.45) is 0 Å². The van der Waals surface area contributed by atoms with Gasteiger partial charge < -0.3 is 18.8 Å². The van der Waals surface area contributed by atoms with Gasteiger partial charge in [-0.2, -0.15) is 0 Å². The lowest BCUT2D eigenvalue weighted by atomic mass is 9.83. The molecule has 1 spiro atoms. The van der Waals surface area contributed by atoms with E-state index in [0.29, 0.717) is 13.1 Å². The Morgan fingerprint density at radius 1 is 1.15 bits per heavy atom. The third-order valence-corrected chi connectivity index (χ3v) is 7.20. The number of nitrogens with zero attached hydrogens (tertiary/aromatic N) is 3. The van der Waals surface area contributed by atoms with Crippen LogP contribution < -0.4 is 9.47 Å². The first kappa shape index (κ1) is 23.2. The molecule has 0 atom stereocenters. The summed E-state index contributed by atoms with van der Waals surface area (Å²) in [4.78, 5) is 20.1. The van der Waals surface area contributed by atoms with Crippen molar-refractivity contribution in [3.8, 4) is 11.5 Å². The summed E-state index contributed by atoms with van der Waals surface area (Å²) in [5, 5.41) is 0. The average Bonchev–Trinajstić information content (AvgIpc) is 3.41. The average molecular weight is 454 g/mol. The number of piperidine rings is 1. The smallest absolute Gasteiger partial charge is 0.325 e. The van der Waals surface area contributed by atoms with E-state index in [2.05, 4.69) is 22.8 Å². The predicted octanol–water partition coefficient (Wildman–Crippen LogP) is 4.80. The first-order valence-corrected chi connectivity index (χ1v) is 11.7. The number of allylic oxidation sites excluding steroid dienone is 1. The second-order valence-electron chi connectivity index (χ2n) is 8.79. The van der Waals surface area contributed by atoms with Gasteiger partial charge in [0.1, 0.15) is 17.3 Å². The molecule has 33 heavy (non-hydrogen) atoms. The van der Waals surface area contributed by atoms with Gasteiger partial charge in [-0.15, -0.1) is 0 Å². The molecule has 7 heteroatoms. The Labute approximate surface area is 196 Å². The summed E-state index contributed by atoms with van der Waals surface area (Å²) >= 11 is 0. The fraction of sp³-hybridized carbons (Fsp3) is 0.500. The van der Waals surface area contributed by atoms with Crippen LogP contribution >= 0.6 is 0 Å². The molecule has 2 aliphatic rings. The molecular formula is C26H35N3O4. The molecular weight excluding hydrogens is 418 g/mol. The Balaban J connectivity index is 1.60. The molecule has 0 radical (unpaired) electrons. The maximum Gasteiger partial charge on any atom is 0.325 e. The van der Waals surface area contributed by atoms with Crippen molar-refractivity contribution in [2.45, 2.75) is 52.2 Å². The zero-order chi connectivity index (χ0) is 23.6. The number of amides is 2. The number of urea groups is 1. The second-order valence-corrected chi connectivity index (χ2v) is 8.79. The zero-order valence-electron chi connectivity index (χ0n) is 20.4. The van der Waals surface area contributed by atoms with E-state index in [-0.39, 0.29) is 11.6 Å². The molecule has 3 heterocycles. The van der Waals surface area contributed by atoms with E-state index < -0.39 is 0 Å². The first-order chi connectivity index (χ1) is 16.0. The van der Waals surface area contributed by atoms with Gasteiger partial charge in [0.2, 0.25) is 0 Å². The summed E-state index contributed by atoms with van der Waals surface area (Å²) in [6, 6.07) is 7.92. The van der Waals surface area contributed by atoms with Crippen LogP contribution in [0.15, 0.2) is 46.7 Å². The number of benzene rings is 1. The van der Waals surface area contributed by atoms with Crippen molar-refractivity contribution in [2.75, 3.05) is 33.9 Å². The summed E-state index contributed by atoms with van der Waals surface area (Å²) in [5.41, 5.74) is 2.89. The lowest BCUT2D eigenvalue weighted by molar-refractivity contribution is 0.0854. The van der Waals surface area contributed by atoms with Crippen molar-refractivity contribution in [3.05, 3.63) is 59.2 Å². The molecule has 1 aromatic heterocycles. The topological polar surface area (TPSA) is 58.4 Å². The number of carbonyl (C=O) groups excluding carboxylic acids is 1. The number of hydrogen-bond donors (Lipinski definition) is 0. The fourth-order valence-corrected chi connectivity index (χ4v) is 5.45. The fourth-order valence-electron chi connectivity index (χ4n) is 5.45. The van der Waals surface area contributed by atoms with E-state index in [4.69, 9.17) is 13.9 Å². The Morgan fingerprint density at radius 3 is 2.48 bits per heavy atom. The second kappa shape index (κ2) is 9.51. The Morgan fingerprint density at radius 2 is 1.91 bits per heavy atom. The molecule has 0 bridgehead atoms. The number of likely N-dealkylation sites (tertiary alicyclic amines) is 1. The van der Waals surface area contributed by atoms with Gasteiger partial charge >= 0.3 is 6.03 Å². The summed E-state index contributed by atoms with van der Waals surface area (Å²) < 4.78 is 16.6. The van der Waals surface area contributed by atoms with Crippen molar-refractivity contribution < 1.29 is 18.7 Å². The zero-order valence-corrected chi connectivity index (χ0v) is 20.4. The number of furan rings is 1.